The third kappa shape index (κ3) is 4.70. The van der Waals surface area contributed by atoms with E-state index in [4.69, 9.17) is 26.9 Å². The molecular formula is C8H16Cl2OSi. The van der Waals surface area contributed by atoms with E-state index in [0.717, 1.165) is 18.7 Å². The summed E-state index contributed by atoms with van der Waals surface area (Å²) in [4.78, 5) is 0. The minimum atomic E-state index is -1.83. The zero-order valence-electron chi connectivity index (χ0n) is 7.48. The minimum Gasteiger partial charge on any atom is -0.373 e. The number of hydrogen-bond acceptors (Lipinski definition) is 1. The standard InChI is InChI=1S/C8H16Cl2OSi/c1-2-12(9,10)6-4-3-5-8-7-11-8/h8H,2-7H2,1H3. The molecule has 0 radical (unpaired) electrons. The molecule has 1 fully saturated rings. The van der Waals surface area contributed by atoms with Crippen LogP contribution in [-0.2, 0) is 4.74 Å². The van der Waals surface area contributed by atoms with E-state index < -0.39 is 6.69 Å². The molecule has 0 amide bonds. The fourth-order valence-corrected chi connectivity index (χ4v) is 3.09. The molecule has 0 saturated carbocycles. The van der Waals surface area contributed by atoms with E-state index in [9.17, 15) is 0 Å². The van der Waals surface area contributed by atoms with Gasteiger partial charge in [-0.2, -0.15) is 0 Å². The second kappa shape index (κ2) is 4.84. The molecule has 0 aromatic rings. The Hall–Kier alpha value is 0.757. The molecule has 1 nitrogen and oxygen atoms in total. The third-order valence-corrected chi connectivity index (χ3v) is 7.10. The van der Waals surface area contributed by atoms with Crippen LogP contribution in [0.4, 0.5) is 0 Å². The first-order valence-electron chi connectivity index (χ1n) is 4.63. The molecule has 0 aromatic heterocycles. The first-order chi connectivity index (χ1) is 5.64. The molecule has 1 rings (SSSR count). The van der Waals surface area contributed by atoms with Crippen molar-refractivity contribution in [2.45, 2.75) is 44.4 Å². The van der Waals surface area contributed by atoms with Crippen LogP contribution in [0.1, 0.15) is 26.2 Å². The lowest BCUT2D eigenvalue weighted by atomic mass is 10.2. The van der Waals surface area contributed by atoms with Gasteiger partial charge in [0.15, 0.2) is 0 Å². The quantitative estimate of drug-likeness (QED) is 0.293. The maximum Gasteiger partial charge on any atom is 0.251 e. The Morgan fingerprint density at radius 3 is 2.58 bits per heavy atom. The molecule has 72 valence electrons. The molecule has 4 heteroatoms. The lowest BCUT2D eigenvalue weighted by Crippen LogP contribution is -2.16. The van der Waals surface area contributed by atoms with E-state index >= 15 is 0 Å². The van der Waals surface area contributed by atoms with E-state index in [1.54, 1.807) is 0 Å². The first kappa shape index (κ1) is 10.8. The highest BCUT2D eigenvalue weighted by atomic mass is 35.7. The van der Waals surface area contributed by atoms with Crippen molar-refractivity contribution in [1.82, 2.24) is 0 Å². The average molecular weight is 227 g/mol. The number of ether oxygens (including phenoxy) is 1. The average Bonchev–Trinajstić information content (AvgIpc) is 2.82. The zero-order chi connectivity index (χ0) is 9.03. The highest BCUT2D eigenvalue weighted by Gasteiger charge is 2.26. The van der Waals surface area contributed by atoms with Crippen molar-refractivity contribution in [3.63, 3.8) is 0 Å². The SMILES string of the molecule is CC[Si](Cl)(Cl)CCCCC1CO1. The van der Waals surface area contributed by atoms with Gasteiger partial charge in [0, 0.05) is 0 Å². The summed E-state index contributed by atoms with van der Waals surface area (Å²) in [5.41, 5.74) is 0. The summed E-state index contributed by atoms with van der Waals surface area (Å²) in [6, 6.07) is 2.01. The topological polar surface area (TPSA) is 12.5 Å². The van der Waals surface area contributed by atoms with Crippen LogP contribution in [0, 0.1) is 0 Å². The number of unbranched alkanes of at least 4 members (excludes halogenated alkanes) is 1. The van der Waals surface area contributed by atoms with Gasteiger partial charge in [-0.05, 0) is 18.5 Å². The molecule has 1 atom stereocenters. The fourth-order valence-electron chi connectivity index (χ4n) is 1.17. The van der Waals surface area contributed by atoms with Gasteiger partial charge in [0.05, 0.1) is 12.7 Å². The molecular weight excluding hydrogens is 211 g/mol. The predicted molar refractivity (Wildman–Crippen MR) is 56.3 cm³/mol. The third-order valence-electron chi connectivity index (χ3n) is 2.24. The Balaban J connectivity index is 1.92. The maximum absolute atomic E-state index is 6.12. The number of hydrogen-bond donors (Lipinski definition) is 0. The molecule has 12 heavy (non-hydrogen) atoms. The molecule has 1 aliphatic heterocycles. The van der Waals surface area contributed by atoms with E-state index in [-0.39, 0.29) is 0 Å². The summed E-state index contributed by atoms with van der Waals surface area (Å²) in [5.74, 6) is 0. The van der Waals surface area contributed by atoms with Crippen molar-refractivity contribution < 1.29 is 4.74 Å². The number of halogens is 2. The van der Waals surface area contributed by atoms with Gasteiger partial charge in [-0.3, -0.25) is 0 Å². The molecule has 1 saturated heterocycles. The van der Waals surface area contributed by atoms with E-state index in [0.29, 0.717) is 6.10 Å². The van der Waals surface area contributed by atoms with Crippen LogP contribution in [0.3, 0.4) is 0 Å². The lowest BCUT2D eigenvalue weighted by Gasteiger charge is -2.12. The number of epoxide rings is 1. The van der Waals surface area contributed by atoms with Crippen molar-refractivity contribution in [3.05, 3.63) is 0 Å². The minimum absolute atomic E-state index is 0.563. The Morgan fingerprint density at radius 1 is 1.42 bits per heavy atom. The molecule has 1 unspecified atom stereocenters. The first-order valence-corrected chi connectivity index (χ1v) is 9.07. The Kier molecular flexibility index (Phi) is 4.37. The van der Waals surface area contributed by atoms with Crippen LogP contribution in [0.15, 0.2) is 0 Å². The highest BCUT2D eigenvalue weighted by molar-refractivity contribution is 7.45. The van der Waals surface area contributed by atoms with Gasteiger partial charge in [-0.25, -0.2) is 0 Å². The second-order valence-electron chi connectivity index (χ2n) is 3.41. The summed E-state index contributed by atoms with van der Waals surface area (Å²) >= 11 is 12.2. The largest absolute Gasteiger partial charge is 0.373 e. The molecule has 0 bridgehead atoms. The Labute approximate surface area is 84.8 Å². The Bertz CT molecular complexity index is 137. The van der Waals surface area contributed by atoms with Gasteiger partial charge in [-0.1, -0.05) is 19.8 Å². The summed E-state index contributed by atoms with van der Waals surface area (Å²) in [6.07, 6.45) is 4.15. The van der Waals surface area contributed by atoms with Crippen molar-refractivity contribution >= 4 is 28.9 Å². The van der Waals surface area contributed by atoms with E-state index in [1.165, 1.54) is 19.3 Å². The normalized spacial score (nSPS) is 22.8. The van der Waals surface area contributed by atoms with Crippen LogP contribution < -0.4 is 0 Å². The van der Waals surface area contributed by atoms with Gasteiger partial charge in [-0.15, -0.1) is 22.2 Å². The van der Waals surface area contributed by atoms with Gasteiger partial charge in [0.1, 0.15) is 0 Å². The van der Waals surface area contributed by atoms with Crippen LogP contribution >= 0.6 is 22.2 Å². The fraction of sp³-hybridized carbons (Fsp3) is 1.00. The van der Waals surface area contributed by atoms with Crippen molar-refractivity contribution in [2.24, 2.45) is 0 Å². The van der Waals surface area contributed by atoms with Crippen LogP contribution in [-0.4, -0.2) is 19.4 Å². The molecule has 0 N–H and O–H groups in total. The second-order valence-corrected chi connectivity index (χ2v) is 11.3. The summed E-state index contributed by atoms with van der Waals surface area (Å²) in [7, 11) is 0. The van der Waals surface area contributed by atoms with Gasteiger partial charge in [0.2, 0.25) is 0 Å². The lowest BCUT2D eigenvalue weighted by molar-refractivity contribution is 0.391. The van der Waals surface area contributed by atoms with Gasteiger partial charge >= 0.3 is 0 Å². The van der Waals surface area contributed by atoms with Crippen molar-refractivity contribution in [1.29, 1.82) is 0 Å². The number of rotatable bonds is 6. The van der Waals surface area contributed by atoms with E-state index in [1.807, 2.05) is 0 Å². The molecule has 0 aliphatic carbocycles. The van der Waals surface area contributed by atoms with Gasteiger partial charge in [0.25, 0.3) is 6.69 Å². The smallest absolute Gasteiger partial charge is 0.251 e. The predicted octanol–water partition coefficient (Wildman–Crippen LogP) is 3.50. The Morgan fingerprint density at radius 2 is 2.08 bits per heavy atom. The van der Waals surface area contributed by atoms with Crippen molar-refractivity contribution in [2.75, 3.05) is 6.61 Å². The maximum atomic E-state index is 6.12. The molecule has 1 aliphatic rings. The molecule has 1 heterocycles. The monoisotopic (exact) mass is 226 g/mol. The van der Waals surface area contributed by atoms with Crippen LogP contribution in [0.2, 0.25) is 12.1 Å². The molecule has 0 aromatic carbocycles. The van der Waals surface area contributed by atoms with Gasteiger partial charge < -0.3 is 4.74 Å². The zero-order valence-corrected chi connectivity index (χ0v) is 10.00. The summed E-state index contributed by atoms with van der Waals surface area (Å²) in [6.45, 7) is 1.22. The summed E-state index contributed by atoms with van der Waals surface area (Å²) in [5, 5.41) is 0. The molecule has 0 spiro atoms. The van der Waals surface area contributed by atoms with Crippen LogP contribution in [0.25, 0.3) is 0 Å². The van der Waals surface area contributed by atoms with Crippen molar-refractivity contribution in [3.8, 4) is 0 Å². The summed E-state index contributed by atoms with van der Waals surface area (Å²) < 4.78 is 5.11. The highest BCUT2D eigenvalue weighted by Crippen LogP contribution is 2.28. The van der Waals surface area contributed by atoms with E-state index in [2.05, 4.69) is 6.92 Å². The van der Waals surface area contributed by atoms with Crippen LogP contribution in [0.5, 0.6) is 0 Å².